The lowest BCUT2D eigenvalue weighted by molar-refractivity contribution is 0.602. The van der Waals surface area contributed by atoms with E-state index in [1.807, 2.05) is 18.2 Å². The van der Waals surface area contributed by atoms with Gasteiger partial charge in [-0.3, -0.25) is 0 Å². The van der Waals surface area contributed by atoms with Gasteiger partial charge in [0.2, 0.25) is 0 Å². The molecule has 0 unspecified atom stereocenters. The van der Waals surface area contributed by atoms with Crippen LogP contribution in [0.1, 0.15) is 37.7 Å². The van der Waals surface area contributed by atoms with Gasteiger partial charge in [0.05, 0.1) is 4.90 Å². The van der Waals surface area contributed by atoms with Crippen molar-refractivity contribution in [2.45, 2.75) is 37.0 Å². The van der Waals surface area contributed by atoms with E-state index in [-0.39, 0.29) is 5.83 Å². The molecule has 0 saturated carbocycles. The molecule has 24 heavy (non-hydrogen) atoms. The van der Waals surface area contributed by atoms with Gasteiger partial charge in [-0.1, -0.05) is 24.3 Å². The summed E-state index contributed by atoms with van der Waals surface area (Å²) in [6.45, 7) is 0. The minimum atomic E-state index is -3.17. The summed E-state index contributed by atoms with van der Waals surface area (Å²) in [5.74, 6) is -0.178. The third-order valence-corrected chi connectivity index (χ3v) is 5.66. The zero-order valence-corrected chi connectivity index (χ0v) is 14.6. The summed E-state index contributed by atoms with van der Waals surface area (Å²) >= 11 is 0. The van der Waals surface area contributed by atoms with Crippen LogP contribution in [0.25, 0.3) is 5.57 Å². The zero-order chi connectivity index (χ0) is 17.2. The Morgan fingerprint density at radius 3 is 2.42 bits per heavy atom. The second-order valence-corrected chi connectivity index (χ2v) is 8.28. The molecule has 0 aromatic heterocycles. The highest BCUT2D eigenvalue weighted by Gasteiger charge is 2.19. The summed E-state index contributed by atoms with van der Waals surface area (Å²) in [7, 11) is -3.17. The Morgan fingerprint density at radius 2 is 1.71 bits per heavy atom. The molecule has 1 aromatic rings. The van der Waals surface area contributed by atoms with Crippen LogP contribution in [0.15, 0.2) is 70.4 Å². The Bertz CT molecular complexity index is 853. The smallest absolute Gasteiger partial charge is 0.175 e. The predicted octanol–water partition coefficient (Wildman–Crippen LogP) is 5.16. The number of halogens is 1. The van der Waals surface area contributed by atoms with E-state index in [1.165, 1.54) is 29.1 Å². The maximum Gasteiger partial charge on any atom is 0.175 e. The van der Waals surface area contributed by atoms with E-state index in [2.05, 4.69) is 6.08 Å². The van der Waals surface area contributed by atoms with E-state index in [1.54, 1.807) is 18.2 Å². The van der Waals surface area contributed by atoms with Crippen LogP contribution in [0, 0.1) is 0 Å². The van der Waals surface area contributed by atoms with Crippen molar-refractivity contribution in [2.75, 3.05) is 6.26 Å². The van der Waals surface area contributed by atoms with Gasteiger partial charge in [-0.2, -0.15) is 0 Å². The van der Waals surface area contributed by atoms with E-state index in [4.69, 9.17) is 0 Å². The molecule has 3 rings (SSSR count). The normalized spacial score (nSPS) is 22.4. The summed E-state index contributed by atoms with van der Waals surface area (Å²) in [5, 5.41) is 0. The second-order valence-electron chi connectivity index (χ2n) is 6.27. The fourth-order valence-corrected chi connectivity index (χ4v) is 3.96. The number of hydrogen-bond acceptors (Lipinski definition) is 2. The topological polar surface area (TPSA) is 34.1 Å². The Kier molecular flexibility index (Phi) is 4.86. The molecule has 0 amide bonds. The maximum atomic E-state index is 13.3. The number of hydrogen-bond donors (Lipinski definition) is 0. The monoisotopic (exact) mass is 344 g/mol. The first-order valence-corrected chi connectivity index (χ1v) is 10.1. The molecule has 0 spiro atoms. The minimum Gasteiger partial charge on any atom is -0.224 e. The first-order chi connectivity index (χ1) is 11.4. The van der Waals surface area contributed by atoms with Crippen molar-refractivity contribution in [3.05, 3.63) is 71.1 Å². The van der Waals surface area contributed by atoms with Crippen LogP contribution >= 0.6 is 0 Å². The van der Waals surface area contributed by atoms with Crippen molar-refractivity contribution >= 4 is 15.4 Å². The Morgan fingerprint density at radius 1 is 1.00 bits per heavy atom. The van der Waals surface area contributed by atoms with Crippen molar-refractivity contribution in [2.24, 2.45) is 0 Å². The molecule has 0 heterocycles. The van der Waals surface area contributed by atoms with E-state index in [0.29, 0.717) is 11.3 Å². The zero-order valence-electron chi connectivity index (χ0n) is 13.8. The number of allylic oxidation sites excluding steroid dienone is 8. The SMILES string of the molecule is CS(=O)(=O)c1ccc(C2=C(/C3=C/CC=C(F)/C=C\C3)CCC2)cc1. The number of sulfone groups is 1. The van der Waals surface area contributed by atoms with Gasteiger partial charge in [-0.15, -0.1) is 0 Å². The Labute approximate surface area is 143 Å². The third-order valence-electron chi connectivity index (χ3n) is 4.53. The third kappa shape index (κ3) is 3.75. The van der Waals surface area contributed by atoms with Gasteiger partial charge in [-0.05, 0) is 78.7 Å². The molecule has 2 nitrogen and oxygen atoms in total. The molecular formula is C20H21FO2S. The molecule has 4 heteroatoms. The van der Waals surface area contributed by atoms with Crippen molar-refractivity contribution in [3.63, 3.8) is 0 Å². The van der Waals surface area contributed by atoms with E-state index >= 15 is 0 Å². The van der Waals surface area contributed by atoms with Gasteiger partial charge in [-0.25, -0.2) is 12.8 Å². The molecular weight excluding hydrogens is 323 g/mol. The Balaban J connectivity index is 1.95. The van der Waals surface area contributed by atoms with Gasteiger partial charge in [0.15, 0.2) is 9.84 Å². The standard InChI is InChI=1S/C20H21FO2S/c1-24(22,23)18-13-11-16(12-14-18)20-10-4-9-19(20)15-5-2-7-17(21)8-3-6-15/h2,6-8,11-14H,3-5,9-10H2,1H3/b7-2-,15-6+,17-8?. The van der Waals surface area contributed by atoms with Gasteiger partial charge in [0, 0.05) is 6.26 Å². The molecule has 0 bridgehead atoms. The fourth-order valence-electron chi connectivity index (χ4n) is 3.33. The van der Waals surface area contributed by atoms with Gasteiger partial charge in [0.25, 0.3) is 0 Å². The van der Waals surface area contributed by atoms with Crippen LogP contribution in [0.5, 0.6) is 0 Å². The lowest BCUT2D eigenvalue weighted by atomic mass is 9.93. The van der Waals surface area contributed by atoms with Crippen LogP contribution < -0.4 is 0 Å². The Hall–Kier alpha value is -1.94. The average Bonchev–Trinajstić information content (AvgIpc) is 2.99. The summed E-state index contributed by atoms with van der Waals surface area (Å²) < 4.78 is 36.5. The van der Waals surface area contributed by atoms with Crippen molar-refractivity contribution in [1.29, 1.82) is 0 Å². The van der Waals surface area contributed by atoms with Crippen LogP contribution in [0.4, 0.5) is 4.39 Å². The molecule has 2 aliphatic rings. The van der Waals surface area contributed by atoms with Gasteiger partial charge < -0.3 is 0 Å². The lowest BCUT2D eigenvalue weighted by Gasteiger charge is -2.12. The predicted molar refractivity (Wildman–Crippen MR) is 96.0 cm³/mol. The highest BCUT2D eigenvalue weighted by Crippen LogP contribution is 2.39. The summed E-state index contributed by atoms with van der Waals surface area (Å²) in [6, 6.07) is 7.15. The van der Waals surface area contributed by atoms with Crippen molar-refractivity contribution in [3.8, 4) is 0 Å². The number of rotatable bonds is 3. The maximum absolute atomic E-state index is 13.3. The quantitative estimate of drug-likeness (QED) is 0.759. The molecule has 0 radical (unpaired) electrons. The molecule has 0 aliphatic heterocycles. The van der Waals surface area contributed by atoms with Crippen molar-refractivity contribution < 1.29 is 12.8 Å². The molecule has 0 atom stereocenters. The molecule has 0 fully saturated rings. The molecule has 0 saturated heterocycles. The molecule has 126 valence electrons. The molecule has 0 N–H and O–H groups in total. The second kappa shape index (κ2) is 6.89. The van der Waals surface area contributed by atoms with Crippen LogP contribution in [0.2, 0.25) is 0 Å². The van der Waals surface area contributed by atoms with E-state index in [9.17, 15) is 12.8 Å². The van der Waals surface area contributed by atoms with Crippen LogP contribution in [-0.4, -0.2) is 14.7 Å². The number of benzene rings is 1. The molecule has 2 aliphatic carbocycles. The summed E-state index contributed by atoms with van der Waals surface area (Å²) in [6.07, 6.45) is 12.8. The van der Waals surface area contributed by atoms with Crippen molar-refractivity contribution in [1.82, 2.24) is 0 Å². The highest BCUT2D eigenvalue weighted by atomic mass is 32.2. The first kappa shape index (κ1) is 16.9. The first-order valence-electron chi connectivity index (χ1n) is 8.19. The summed E-state index contributed by atoms with van der Waals surface area (Å²) in [5.41, 5.74) is 4.97. The average molecular weight is 344 g/mol. The minimum absolute atomic E-state index is 0.178. The summed E-state index contributed by atoms with van der Waals surface area (Å²) in [4.78, 5) is 0.347. The van der Waals surface area contributed by atoms with Crippen LogP contribution in [0.3, 0.4) is 0 Å². The van der Waals surface area contributed by atoms with Gasteiger partial charge in [0.1, 0.15) is 5.83 Å². The molecule has 1 aromatic carbocycles. The van der Waals surface area contributed by atoms with E-state index < -0.39 is 9.84 Å². The van der Waals surface area contributed by atoms with Gasteiger partial charge >= 0.3 is 0 Å². The highest BCUT2D eigenvalue weighted by molar-refractivity contribution is 7.90. The lowest BCUT2D eigenvalue weighted by Crippen LogP contribution is -1.97. The van der Waals surface area contributed by atoms with E-state index in [0.717, 1.165) is 31.2 Å². The fraction of sp³-hybridized carbons (Fsp3) is 0.300. The largest absolute Gasteiger partial charge is 0.224 e. The van der Waals surface area contributed by atoms with Crippen LogP contribution in [-0.2, 0) is 9.84 Å².